The van der Waals surface area contributed by atoms with E-state index >= 15 is 0 Å². The van der Waals surface area contributed by atoms with E-state index in [-0.39, 0.29) is 11.4 Å². The van der Waals surface area contributed by atoms with E-state index in [1.807, 2.05) is 36.4 Å². The Morgan fingerprint density at radius 3 is 2.00 bits per heavy atom. The van der Waals surface area contributed by atoms with Gasteiger partial charge in [0.05, 0.1) is 6.42 Å². The number of hydrogen-bond donors (Lipinski definition) is 1. The Bertz CT molecular complexity index is 615. The van der Waals surface area contributed by atoms with Gasteiger partial charge in [0.2, 0.25) is 5.91 Å². The van der Waals surface area contributed by atoms with Gasteiger partial charge in [0.25, 0.3) is 0 Å². The summed E-state index contributed by atoms with van der Waals surface area (Å²) in [4.78, 5) is 12.6. The average molecular weight is 307 g/mol. The van der Waals surface area contributed by atoms with Crippen LogP contribution in [0.25, 0.3) is 0 Å². The van der Waals surface area contributed by atoms with Crippen molar-refractivity contribution >= 4 is 5.91 Å². The fraction of sp³-hybridized carbons (Fsp3) is 0.381. The minimum absolute atomic E-state index is 0.0640. The van der Waals surface area contributed by atoms with E-state index in [1.165, 1.54) is 24.8 Å². The molecule has 1 N–H and O–H groups in total. The van der Waals surface area contributed by atoms with Crippen molar-refractivity contribution in [2.75, 3.05) is 0 Å². The summed E-state index contributed by atoms with van der Waals surface area (Å²) in [6.07, 6.45) is 7.28. The third-order valence-corrected chi connectivity index (χ3v) is 4.81. The lowest BCUT2D eigenvalue weighted by Crippen LogP contribution is -2.51. The molecular formula is C21H25NO. The van der Waals surface area contributed by atoms with E-state index < -0.39 is 0 Å². The minimum Gasteiger partial charge on any atom is -0.350 e. The van der Waals surface area contributed by atoms with Gasteiger partial charge in [-0.3, -0.25) is 4.79 Å². The van der Waals surface area contributed by atoms with E-state index in [2.05, 4.69) is 29.6 Å². The standard InChI is InChI=1S/C21H25NO/c23-20(16-18-10-4-1-5-11-18)22-21(14-8-3-9-15-21)17-19-12-6-2-7-13-19/h1-2,4-7,10-13H,3,8-9,14-17H2,(H,22,23). The first-order chi connectivity index (χ1) is 11.3. The molecule has 0 spiro atoms. The van der Waals surface area contributed by atoms with Crippen molar-refractivity contribution in [3.8, 4) is 0 Å². The van der Waals surface area contributed by atoms with Gasteiger partial charge in [0, 0.05) is 5.54 Å². The maximum atomic E-state index is 12.6. The highest BCUT2D eigenvalue weighted by atomic mass is 16.1. The average Bonchev–Trinajstić information content (AvgIpc) is 2.57. The van der Waals surface area contributed by atoms with Gasteiger partial charge in [-0.1, -0.05) is 79.9 Å². The molecule has 2 aromatic rings. The van der Waals surface area contributed by atoms with Crippen molar-refractivity contribution < 1.29 is 4.79 Å². The van der Waals surface area contributed by atoms with Crippen molar-refractivity contribution in [2.24, 2.45) is 0 Å². The number of carbonyl (C=O) groups excluding carboxylic acids is 1. The third-order valence-electron chi connectivity index (χ3n) is 4.81. The lowest BCUT2D eigenvalue weighted by molar-refractivity contribution is -0.122. The summed E-state index contributed by atoms with van der Waals surface area (Å²) in [5.41, 5.74) is 2.33. The SMILES string of the molecule is O=C(Cc1ccccc1)NC1(Cc2ccccc2)CCCCC1. The summed E-state index contributed by atoms with van der Waals surface area (Å²) < 4.78 is 0. The van der Waals surface area contributed by atoms with Crippen LogP contribution in [-0.2, 0) is 17.6 Å². The molecule has 23 heavy (non-hydrogen) atoms. The molecule has 2 nitrogen and oxygen atoms in total. The van der Waals surface area contributed by atoms with Crippen LogP contribution in [0.3, 0.4) is 0 Å². The summed E-state index contributed by atoms with van der Waals surface area (Å²) >= 11 is 0. The monoisotopic (exact) mass is 307 g/mol. The summed E-state index contributed by atoms with van der Waals surface area (Å²) in [6.45, 7) is 0. The number of carbonyl (C=O) groups is 1. The third kappa shape index (κ3) is 4.44. The fourth-order valence-corrected chi connectivity index (χ4v) is 3.68. The van der Waals surface area contributed by atoms with E-state index in [4.69, 9.17) is 0 Å². The van der Waals surface area contributed by atoms with Gasteiger partial charge in [-0.05, 0) is 30.4 Å². The molecule has 1 fully saturated rings. The van der Waals surface area contributed by atoms with Crippen molar-refractivity contribution in [1.82, 2.24) is 5.32 Å². The van der Waals surface area contributed by atoms with E-state index in [0.717, 1.165) is 24.8 Å². The van der Waals surface area contributed by atoms with Crippen LogP contribution in [0.5, 0.6) is 0 Å². The molecule has 3 rings (SSSR count). The lowest BCUT2D eigenvalue weighted by Gasteiger charge is -2.38. The number of rotatable bonds is 5. The van der Waals surface area contributed by atoms with Crippen LogP contribution in [0.15, 0.2) is 60.7 Å². The highest BCUT2D eigenvalue weighted by Crippen LogP contribution is 2.31. The molecule has 1 saturated carbocycles. The number of amides is 1. The molecule has 0 atom stereocenters. The van der Waals surface area contributed by atoms with Crippen LogP contribution in [0.2, 0.25) is 0 Å². The predicted molar refractivity (Wildman–Crippen MR) is 94.3 cm³/mol. The lowest BCUT2D eigenvalue weighted by atomic mass is 9.77. The second kappa shape index (κ2) is 7.45. The van der Waals surface area contributed by atoms with Gasteiger partial charge in [0.15, 0.2) is 0 Å². The Balaban J connectivity index is 1.70. The van der Waals surface area contributed by atoms with Crippen LogP contribution in [0, 0.1) is 0 Å². The molecule has 120 valence electrons. The van der Waals surface area contributed by atoms with Crippen molar-refractivity contribution in [1.29, 1.82) is 0 Å². The van der Waals surface area contributed by atoms with Crippen LogP contribution in [0.4, 0.5) is 0 Å². The van der Waals surface area contributed by atoms with Crippen molar-refractivity contribution in [2.45, 2.75) is 50.5 Å². The molecule has 0 radical (unpaired) electrons. The molecular weight excluding hydrogens is 282 g/mol. The molecule has 0 aliphatic heterocycles. The summed E-state index contributed by atoms with van der Waals surface area (Å²) in [7, 11) is 0. The van der Waals surface area contributed by atoms with Crippen molar-refractivity contribution in [3.63, 3.8) is 0 Å². The number of hydrogen-bond acceptors (Lipinski definition) is 1. The second-order valence-corrected chi connectivity index (χ2v) is 6.71. The van der Waals surface area contributed by atoms with E-state index in [9.17, 15) is 4.79 Å². The van der Waals surface area contributed by atoms with Gasteiger partial charge in [-0.15, -0.1) is 0 Å². The molecule has 1 amide bonds. The molecule has 1 aliphatic carbocycles. The van der Waals surface area contributed by atoms with Gasteiger partial charge in [-0.25, -0.2) is 0 Å². The number of nitrogens with one attached hydrogen (secondary N) is 1. The maximum Gasteiger partial charge on any atom is 0.224 e. The zero-order chi connectivity index (χ0) is 16.0. The van der Waals surface area contributed by atoms with Crippen LogP contribution >= 0.6 is 0 Å². The maximum absolute atomic E-state index is 12.6. The fourth-order valence-electron chi connectivity index (χ4n) is 3.68. The first-order valence-corrected chi connectivity index (χ1v) is 8.65. The molecule has 0 aromatic heterocycles. The molecule has 2 heteroatoms. The van der Waals surface area contributed by atoms with Crippen molar-refractivity contribution in [3.05, 3.63) is 71.8 Å². The summed E-state index contributed by atoms with van der Waals surface area (Å²) in [5.74, 6) is 0.147. The Morgan fingerprint density at radius 1 is 0.826 bits per heavy atom. The highest BCUT2D eigenvalue weighted by molar-refractivity contribution is 5.79. The molecule has 0 unspecified atom stereocenters. The summed E-state index contributed by atoms with van der Waals surface area (Å²) in [6, 6.07) is 20.5. The van der Waals surface area contributed by atoms with Gasteiger partial charge in [0.1, 0.15) is 0 Å². The van der Waals surface area contributed by atoms with Crippen LogP contribution in [0.1, 0.15) is 43.2 Å². The smallest absolute Gasteiger partial charge is 0.224 e. The van der Waals surface area contributed by atoms with Crippen LogP contribution < -0.4 is 5.32 Å². The van der Waals surface area contributed by atoms with E-state index in [1.54, 1.807) is 0 Å². The van der Waals surface area contributed by atoms with Crippen LogP contribution in [-0.4, -0.2) is 11.4 Å². The minimum atomic E-state index is -0.0640. The Hall–Kier alpha value is -2.09. The highest BCUT2D eigenvalue weighted by Gasteiger charge is 2.33. The zero-order valence-corrected chi connectivity index (χ0v) is 13.6. The number of benzene rings is 2. The largest absolute Gasteiger partial charge is 0.350 e. The second-order valence-electron chi connectivity index (χ2n) is 6.71. The quantitative estimate of drug-likeness (QED) is 0.877. The van der Waals surface area contributed by atoms with E-state index in [0.29, 0.717) is 6.42 Å². The Labute approximate surface area is 138 Å². The van der Waals surface area contributed by atoms with Gasteiger partial charge in [-0.2, -0.15) is 0 Å². The molecule has 0 bridgehead atoms. The first-order valence-electron chi connectivity index (χ1n) is 8.65. The topological polar surface area (TPSA) is 29.1 Å². The first kappa shape index (κ1) is 15.8. The predicted octanol–water partition coefficient (Wildman–Crippen LogP) is 4.29. The molecule has 0 saturated heterocycles. The molecule has 2 aromatic carbocycles. The zero-order valence-electron chi connectivity index (χ0n) is 13.6. The normalized spacial score (nSPS) is 16.7. The summed E-state index contributed by atoms with van der Waals surface area (Å²) in [5, 5.41) is 3.39. The molecule has 1 aliphatic rings. The Morgan fingerprint density at radius 2 is 1.39 bits per heavy atom. The molecule has 0 heterocycles. The van der Waals surface area contributed by atoms with Gasteiger partial charge < -0.3 is 5.32 Å². The van der Waals surface area contributed by atoms with Gasteiger partial charge >= 0.3 is 0 Å². The Kier molecular flexibility index (Phi) is 5.12.